The summed E-state index contributed by atoms with van der Waals surface area (Å²) in [4.78, 5) is 11.9. The number of carbonyl (C=O) groups excluding carboxylic acids is 1. The number of amides is 1. The number of hydrogen-bond donors (Lipinski definition) is 2. The van der Waals surface area contributed by atoms with Crippen molar-refractivity contribution >= 4 is 11.6 Å². The highest BCUT2D eigenvalue weighted by atomic mass is 16.7. The van der Waals surface area contributed by atoms with E-state index in [0.717, 1.165) is 5.56 Å². The molecule has 1 aliphatic heterocycles. The monoisotopic (exact) mass is 285 g/mol. The first-order chi connectivity index (χ1) is 10.2. The number of ether oxygens (including phenoxy) is 2. The molecule has 0 unspecified atom stereocenters. The molecule has 1 aliphatic rings. The number of fused-ring (bicyclic) bond motifs is 1. The highest BCUT2D eigenvalue weighted by Crippen LogP contribution is 2.34. The van der Waals surface area contributed by atoms with Crippen LogP contribution >= 0.6 is 0 Å². The van der Waals surface area contributed by atoms with Gasteiger partial charge in [-0.2, -0.15) is 0 Å². The van der Waals surface area contributed by atoms with E-state index < -0.39 is 0 Å². The minimum atomic E-state index is -0.114. The van der Waals surface area contributed by atoms with Gasteiger partial charge in [-0.15, -0.1) is 0 Å². The molecule has 0 radical (unpaired) electrons. The highest BCUT2D eigenvalue weighted by molar-refractivity contribution is 5.91. The number of carbonyl (C=O) groups is 1. The van der Waals surface area contributed by atoms with Gasteiger partial charge in [-0.25, -0.2) is 0 Å². The van der Waals surface area contributed by atoms with Gasteiger partial charge in [0.25, 0.3) is 0 Å². The summed E-state index contributed by atoms with van der Waals surface area (Å²) in [5.74, 6) is 1.42. The molecule has 2 aromatic rings. The molecular formula is C16H15NO4. The first kappa shape index (κ1) is 13.3. The highest BCUT2D eigenvalue weighted by Gasteiger charge is 2.14. The minimum Gasteiger partial charge on any atom is -0.508 e. The summed E-state index contributed by atoms with van der Waals surface area (Å²) in [5, 5.41) is 12.5. The normalized spacial score (nSPS) is 12.2. The molecule has 5 heteroatoms. The van der Waals surface area contributed by atoms with Crippen molar-refractivity contribution in [2.45, 2.75) is 12.8 Å². The average molecular weight is 285 g/mol. The van der Waals surface area contributed by atoms with E-state index in [1.807, 2.05) is 12.1 Å². The second-order valence-corrected chi connectivity index (χ2v) is 4.74. The first-order valence-corrected chi connectivity index (χ1v) is 6.69. The van der Waals surface area contributed by atoms with Crippen molar-refractivity contribution in [2.24, 2.45) is 0 Å². The minimum absolute atomic E-state index is 0.114. The third-order valence-corrected chi connectivity index (χ3v) is 3.27. The fourth-order valence-corrected chi connectivity index (χ4v) is 2.17. The fourth-order valence-electron chi connectivity index (χ4n) is 2.17. The van der Waals surface area contributed by atoms with Gasteiger partial charge in [0.2, 0.25) is 12.7 Å². The maximum absolute atomic E-state index is 11.9. The van der Waals surface area contributed by atoms with Crippen molar-refractivity contribution in [3.8, 4) is 17.2 Å². The lowest BCUT2D eigenvalue weighted by atomic mass is 10.1. The molecule has 1 amide bonds. The predicted octanol–water partition coefficient (Wildman–Crippen LogP) is 2.69. The van der Waals surface area contributed by atoms with Crippen LogP contribution in [0.4, 0.5) is 5.69 Å². The van der Waals surface area contributed by atoms with Gasteiger partial charge >= 0.3 is 0 Å². The summed E-state index contributed by atoms with van der Waals surface area (Å²) in [6, 6.07) is 12.3. The Balaban J connectivity index is 1.58. The summed E-state index contributed by atoms with van der Waals surface area (Å²) < 4.78 is 10.5. The van der Waals surface area contributed by atoms with Crippen LogP contribution in [0.3, 0.4) is 0 Å². The second-order valence-electron chi connectivity index (χ2n) is 4.74. The number of phenols is 1. The number of benzene rings is 2. The van der Waals surface area contributed by atoms with Crippen LogP contribution in [0.2, 0.25) is 0 Å². The number of anilines is 1. The molecule has 0 atom stereocenters. The smallest absolute Gasteiger partial charge is 0.231 e. The van der Waals surface area contributed by atoms with Crippen LogP contribution in [-0.2, 0) is 11.2 Å². The van der Waals surface area contributed by atoms with Crippen molar-refractivity contribution in [2.75, 3.05) is 12.1 Å². The van der Waals surface area contributed by atoms with Crippen molar-refractivity contribution in [1.29, 1.82) is 0 Å². The Hall–Kier alpha value is -2.69. The zero-order chi connectivity index (χ0) is 14.7. The lowest BCUT2D eigenvalue weighted by Gasteiger charge is -2.07. The fraction of sp³-hybridized carbons (Fsp3) is 0.188. The molecule has 0 aliphatic carbocycles. The van der Waals surface area contributed by atoms with Gasteiger partial charge in [0.15, 0.2) is 11.5 Å². The molecule has 0 bridgehead atoms. The zero-order valence-electron chi connectivity index (χ0n) is 11.3. The average Bonchev–Trinajstić information content (AvgIpc) is 2.94. The zero-order valence-corrected chi connectivity index (χ0v) is 11.3. The van der Waals surface area contributed by atoms with E-state index in [0.29, 0.717) is 30.0 Å². The third-order valence-electron chi connectivity index (χ3n) is 3.27. The number of para-hydroxylation sites is 1. The van der Waals surface area contributed by atoms with Gasteiger partial charge in [0.05, 0.1) is 0 Å². The lowest BCUT2D eigenvalue weighted by molar-refractivity contribution is -0.116. The first-order valence-electron chi connectivity index (χ1n) is 6.69. The number of aryl methyl sites for hydroxylation is 1. The molecular weight excluding hydrogens is 270 g/mol. The Morgan fingerprint density at radius 1 is 1.14 bits per heavy atom. The summed E-state index contributed by atoms with van der Waals surface area (Å²) >= 11 is 0. The topological polar surface area (TPSA) is 67.8 Å². The molecule has 0 saturated carbocycles. The Kier molecular flexibility index (Phi) is 3.64. The van der Waals surface area contributed by atoms with Crippen LogP contribution in [0.15, 0.2) is 42.5 Å². The van der Waals surface area contributed by atoms with Crippen LogP contribution in [0.5, 0.6) is 17.2 Å². The summed E-state index contributed by atoms with van der Waals surface area (Å²) in [6.45, 7) is 0.208. The summed E-state index contributed by atoms with van der Waals surface area (Å²) in [7, 11) is 0. The van der Waals surface area contributed by atoms with Crippen molar-refractivity contribution in [3.63, 3.8) is 0 Å². The molecule has 2 N–H and O–H groups in total. The number of rotatable bonds is 4. The molecule has 108 valence electrons. The molecule has 0 aromatic heterocycles. The Labute approximate surface area is 122 Å². The van der Waals surface area contributed by atoms with Gasteiger partial charge in [0, 0.05) is 18.2 Å². The van der Waals surface area contributed by atoms with Gasteiger partial charge in [0.1, 0.15) is 5.75 Å². The van der Waals surface area contributed by atoms with E-state index in [-0.39, 0.29) is 18.4 Å². The number of phenolic OH excluding ortho intramolecular Hbond substituents is 1. The lowest BCUT2D eigenvalue weighted by Crippen LogP contribution is -2.12. The Morgan fingerprint density at radius 2 is 1.95 bits per heavy atom. The largest absolute Gasteiger partial charge is 0.508 e. The van der Waals surface area contributed by atoms with E-state index in [1.54, 1.807) is 30.3 Å². The van der Waals surface area contributed by atoms with Crippen molar-refractivity contribution < 1.29 is 19.4 Å². The molecule has 21 heavy (non-hydrogen) atoms. The summed E-state index contributed by atoms with van der Waals surface area (Å²) in [6.07, 6.45) is 0.787. The van der Waals surface area contributed by atoms with E-state index in [4.69, 9.17) is 9.47 Å². The van der Waals surface area contributed by atoms with Gasteiger partial charge in [-0.05, 0) is 30.2 Å². The Morgan fingerprint density at radius 3 is 2.81 bits per heavy atom. The quantitative estimate of drug-likeness (QED) is 0.906. The van der Waals surface area contributed by atoms with E-state index in [1.165, 1.54) is 0 Å². The molecule has 0 spiro atoms. The van der Waals surface area contributed by atoms with Crippen LogP contribution in [0.1, 0.15) is 12.0 Å². The third kappa shape index (κ3) is 3.08. The van der Waals surface area contributed by atoms with Crippen molar-refractivity contribution in [1.82, 2.24) is 0 Å². The van der Waals surface area contributed by atoms with E-state index in [9.17, 15) is 9.90 Å². The van der Waals surface area contributed by atoms with E-state index >= 15 is 0 Å². The van der Waals surface area contributed by atoms with Crippen molar-refractivity contribution in [3.05, 3.63) is 48.0 Å². The standard InChI is InChI=1S/C16H15NO4/c18-13-4-2-1-3-11(13)5-8-16(19)17-12-6-7-14-15(9-12)21-10-20-14/h1-4,6-7,9,18H,5,8,10H2,(H,17,19). The Bertz CT molecular complexity index is 669. The SMILES string of the molecule is O=C(CCc1ccccc1O)Nc1ccc2c(c1)OCO2. The molecule has 1 heterocycles. The molecule has 0 saturated heterocycles. The van der Waals surface area contributed by atoms with Crippen LogP contribution < -0.4 is 14.8 Å². The van der Waals surface area contributed by atoms with Crippen LogP contribution in [-0.4, -0.2) is 17.8 Å². The number of nitrogens with one attached hydrogen (secondary N) is 1. The second kappa shape index (κ2) is 5.75. The van der Waals surface area contributed by atoms with E-state index in [2.05, 4.69) is 5.32 Å². The van der Waals surface area contributed by atoms with Crippen LogP contribution in [0.25, 0.3) is 0 Å². The maximum atomic E-state index is 11.9. The molecule has 5 nitrogen and oxygen atoms in total. The molecule has 0 fully saturated rings. The van der Waals surface area contributed by atoms with Gasteiger partial charge in [-0.1, -0.05) is 18.2 Å². The van der Waals surface area contributed by atoms with Crippen LogP contribution in [0, 0.1) is 0 Å². The number of hydrogen-bond acceptors (Lipinski definition) is 4. The molecule has 2 aromatic carbocycles. The molecule has 3 rings (SSSR count). The summed E-state index contributed by atoms with van der Waals surface area (Å²) in [5.41, 5.74) is 1.43. The van der Waals surface area contributed by atoms with Gasteiger partial charge in [-0.3, -0.25) is 4.79 Å². The maximum Gasteiger partial charge on any atom is 0.231 e. The number of aromatic hydroxyl groups is 1. The predicted molar refractivity (Wildman–Crippen MR) is 77.6 cm³/mol. The van der Waals surface area contributed by atoms with Gasteiger partial charge < -0.3 is 19.9 Å².